The van der Waals surface area contributed by atoms with Gasteiger partial charge in [0.05, 0.1) is 11.1 Å². The zero-order valence-corrected chi connectivity index (χ0v) is 15.0. The van der Waals surface area contributed by atoms with Crippen molar-refractivity contribution in [1.82, 2.24) is 9.78 Å². The molecule has 142 valence electrons. The number of nitrogens with one attached hydrogen (secondary N) is 1. The standard InChI is InChI=1S/C18H15N5O5/c1-11-3-5-15(14(7-11)23(25)26)27-10-13-4-6-16(28-13)18(24)21-17-12(8-19)9-20-22(17)2/h3-7,9H,10H2,1-2H3,(H,21,24). The summed E-state index contributed by atoms with van der Waals surface area (Å²) in [5.74, 6) is 0.101. The van der Waals surface area contributed by atoms with Gasteiger partial charge in [-0.3, -0.25) is 19.6 Å². The highest BCUT2D eigenvalue weighted by Crippen LogP contribution is 2.28. The van der Waals surface area contributed by atoms with Crippen LogP contribution in [0.1, 0.15) is 27.4 Å². The number of carbonyl (C=O) groups excluding carboxylic acids is 1. The number of hydrogen-bond donors (Lipinski definition) is 1. The molecule has 0 aliphatic heterocycles. The number of aryl methyl sites for hydroxylation is 2. The number of carbonyl (C=O) groups is 1. The molecule has 0 bridgehead atoms. The van der Waals surface area contributed by atoms with Gasteiger partial charge in [0.25, 0.3) is 5.91 Å². The van der Waals surface area contributed by atoms with Crippen LogP contribution < -0.4 is 10.1 Å². The van der Waals surface area contributed by atoms with Crippen LogP contribution in [0.5, 0.6) is 5.75 Å². The zero-order valence-electron chi connectivity index (χ0n) is 15.0. The third-order valence-electron chi connectivity index (χ3n) is 3.86. The van der Waals surface area contributed by atoms with Crippen LogP contribution in [0.3, 0.4) is 0 Å². The second kappa shape index (κ2) is 7.63. The SMILES string of the molecule is Cc1ccc(OCc2ccc(C(=O)Nc3c(C#N)cnn3C)o2)c([N+](=O)[O-])c1. The van der Waals surface area contributed by atoms with E-state index in [0.29, 0.717) is 5.76 Å². The van der Waals surface area contributed by atoms with Gasteiger partial charge in [-0.05, 0) is 30.7 Å². The predicted molar refractivity (Wildman–Crippen MR) is 96.7 cm³/mol. The molecule has 28 heavy (non-hydrogen) atoms. The van der Waals surface area contributed by atoms with Crippen LogP contribution >= 0.6 is 0 Å². The van der Waals surface area contributed by atoms with Crippen molar-refractivity contribution in [2.45, 2.75) is 13.5 Å². The normalized spacial score (nSPS) is 10.3. The lowest BCUT2D eigenvalue weighted by Gasteiger charge is -2.06. The monoisotopic (exact) mass is 381 g/mol. The van der Waals surface area contributed by atoms with E-state index in [-0.39, 0.29) is 35.2 Å². The van der Waals surface area contributed by atoms with Crippen LogP contribution in [0.4, 0.5) is 11.5 Å². The summed E-state index contributed by atoms with van der Waals surface area (Å²) in [5, 5.41) is 26.6. The van der Waals surface area contributed by atoms with Crippen molar-refractivity contribution in [3.05, 3.63) is 69.3 Å². The van der Waals surface area contributed by atoms with Crippen molar-refractivity contribution in [2.24, 2.45) is 7.05 Å². The number of furan rings is 1. The lowest BCUT2D eigenvalue weighted by molar-refractivity contribution is -0.386. The molecule has 1 amide bonds. The first-order valence-corrected chi connectivity index (χ1v) is 8.09. The molecule has 0 unspecified atom stereocenters. The molecule has 2 aromatic heterocycles. The van der Waals surface area contributed by atoms with Gasteiger partial charge < -0.3 is 14.5 Å². The summed E-state index contributed by atoms with van der Waals surface area (Å²) in [6.45, 7) is 1.65. The quantitative estimate of drug-likeness (QED) is 0.512. The van der Waals surface area contributed by atoms with Crippen molar-refractivity contribution in [1.29, 1.82) is 5.26 Å². The van der Waals surface area contributed by atoms with E-state index in [1.54, 1.807) is 20.0 Å². The fourth-order valence-electron chi connectivity index (χ4n) is 2.46. The number of nitro benzene ring substituents is 1. The Kier molecular flexibility index (Phi) is 5.08. The summed E-state index contributed by atoms with van der Waals surface area (Å²) in [4.78, 5) is 22.9. The molecule has 3 aromatic rings. The van der Waals surface area contributed by atoms with Crippen LogP contribution in [0.2, 0.25) is 0 Å². The maximum Gasteiger partial charge on any atom is 0.311 e. The lowest BCUT2D eigenvalue weighted by Crippen LogP contribution is -2.14. The number of nitro groups is 1. The van der Waals surface area contributed by atoms with Gasteiger partial charge in [-0.15, -0.1) is 0 Å². The lowest BCUT2D eigenvalue weighted by atomic mass is 10.2. The molecule has 1 N–H and O–H groups in total. The topological polar surface area (TPSA) is 136 Å². The van der Waals surface area contributed by atoms with Gasteiger partial charge >= 0.3 is 5.69 Å². The van der Waals surface area contributed by atoms with Crippen molar-refractivity contribution in [3.8, 4) is 11.8 Å². The molecule has 0 radical (unpaired) electrons. The summed E-state index contributed by atoms with van der Waals surface area (Å²) >= 11 is 0. The fourth-order valence-corrected chi connectivity index (χ4v) is 2.46. The van der Waals surface area contributed by atoms with Crippen LogP contribution in [-0.4, -0.2) is 20.6 Å². The molecule has 10 nitrogen and oxygen atoms in total. The first-order chi connectivity index (χ1) is 13.4. The van der Waals surface area contributed by atoms with Crippen molar-refractivity contribution in [2.75, 3.05) is 5.32 Å². The van der Waals surface area contributed by atoms with E-state index in [1.807, 2.05) is 6.07 Å². The Bertz CT molecular complexity index is 1090. The van der Waals surface area contributed by atoms with Gasteiger partial charge in [-0.25, -0.2) is 0 Å². The van der Waals surface area contributed by atoms with Gasteiger partial charge in [0.15, 0.2) is 11.5 Å². The molecule has 3 rings (SSSR count). The summed E-state index contributed by atoms with van der Waals surface area (Å²) in [5.41, 5.74) is 0.810. The Morgan fingerprint density at radius 3 is 2.93 bits per heavy atom. The minimum atomic E-state index is -0.562. The molecular weight excluding hydrogens is 366 g/mol. The number of ether oxygens (including phenoxy) is 1. The molecule has 0 aliphatic rings. The van der Waals surface area contributed by atoms with Gasteiger partial charge in [0, 0.05) is 13.1 Å². The summed E-state index contributed by atoms with van der Waals surface area (Å²) in [7, 11) is 1.59. The Balaban J connectivity index is 1.70. The van der Waals surface area contributed by atoms with E-state index in [2.05, 4.69) is 10.4 Å². The number of anilines is 1. The highest BCUT2D eigenvalue weighted by Gasteiger charge is 2.18. The van der Waals surface area contributed by atoms with E-state index in [1.165, 1.54) is 35.1 Å². The number of amides is 1. The number of nitrogens with zero attached hydrogens (tertiary/aromatic N) is 4. The smallest absolute Gasteiger partial charge is 0.311 e. The Morgan fingerprint density at radius 2 is 2.21 bits per heavy atom. The van der Waals surface area contributed by atoms with Gasteiger partial charge in [-0.1, -0.05) is 6.07 Å². The summed E-state index contributed by atoms with van der Waals surface area (Å²) in [6, 6.07) is 9.53. The van der Waals surface area contributed by atoms with Crippen LogP contribution in [-0.2, 0) is 13.7 Å². The molecule has 0 aliphatic carbocycles. The molecule has 0 saturated carbocycles. The third-order valence-corrected chi connectivity index (χ3v) is 3.86. The maximum atomic E-state index is 12.3. The molecular formula is C18H15N5O5. The molecule has 0 fully saturated rings. The first kappa shape index (κ1) is 18.7. The number of benzene rings is 1. The molecule has 2 heterocycles. The van der Waals surface area contributed by atoms with E-state index < -0.39 is 10.8 Å². The molecule has 0 saturated heterocycles. The van der Waals surface area contributed by atoms with Gasteiger partial charge in [-0.2, -0.15) is 10.4 Å². The Hall–Kier alpha value is -4.13. The van der Waals surface area contributed by atoms with Crippen molar-refractivity contribution < 1.29 is 18.9 Å². The Morgan fingerprint density at radius 1 is 1.43 bits per heavy atom. The van der Waals surface area contributed by atoms with Crippen LogP contribution in [0.25, 0.3) is 0 Å². The maximum absolute atomic E-state index is 12.3. The second-order valence-corrected chi connectivity index (χ2v) is 5.88. The summed E-state index contributed by atoms with van der Waals surface area (Å²) in [6.07, 6.45) is 1.34. The number of rotatable bonds is 6. The number of hydrogen-bond acceptors (Lipinski definition) is 7. The minimum absolute atomic E-state index is 0.00194. The number of aromatic nitrogens is 2. The average Bonchev–Trinajstić information content (AvgIpc) is 3.28. The molecule has 0 atom stereocenters. The first-order valence-electron chi connectivity index (χ1n) is 8.09. The largest absolute Gasteiger partial charge is 0.479 e. The Labute approximate surface area is 159 Å². The van der Waals surface area contributed by atoms with E-state index >= 15 is 0 Å². The zero-order chi connectivity index (χ0) is 20.3. The average molecular weight is 381 g/mol. The highest BCUT2D eigenvalue weighted by atomic mass is 16.6. The van der Waals surface area contributed by atoms with Crippen molar-refractivity contribution >= 4 is 17.4 Å². The molecule has 0 spiro atoms. The minimum Gasteiger partial charge on any atom is -0.479 e. The third kappa shape index (κ3) is 3.83. The van der Waals surface area contributed by atoms with Gasteiger partial charge in [0.1, 0.15) is 29.8 Å². The van der Waals surface area contributed by atoms with E-state index in [4.69, 9.17) is 14.4 Å². The van der Waals surface area contributed by atoms with E-state index in [0.717, 1.165) is 5.56 Å². The number of nitriles is 1. The second-order valence-electron chi connectivity index (χ2n) is 5.88. The molecule has 1 aromatic carbocycles. The van der Waals surface area contributed by atoms with Crippen LogP contribution in [0.15, 0.2) is 40.9 Å². The van der Waals surface area contributed by atoms with Crippen molar-refractivity contribution in [3.63, 3.8) is 0 Å². The van der Waals surface area contributed by atoms with E-state index in [9.17, 15) is 14.9 Å². The van der Waals surface area contributed by atoms with Gasteiger partial charge in [0.2, 0.25) is 0 Å². The molecule has 10 heteroatoms. The van der Waals surface area contributed by atoms with Crippen LogP contribution in [0, 0.1) is 28.4 Å². The summed E-state index contributed by atoms with van der Waals surface area (Å²) < 4.78 is 12.3. The highest BCUT2D eigenvalue weighted by molar-refractivity contribution is 6.02. The fraction of sp³-hybridized carbons (Fsp3) is 0.167. The predicted octanol–water partition coefficient (Wildman–Crippen LogP) is 2.93.